The van der Waals surface area contributed by atoms with Gasteiger partial charge in [0.1, 0.15) is 11.7 Å². The summed E-state index contributed by atoms with van der Waals surface area (Å²) in [4.78, 5) is 37.6. The molecule has 1 aliphatic rings. The summed E-state index contributed by atoms with van der Waals surface area (Å²) in [5.41, 5.74) is 1.19. The normalized spacial score (nSPS) is 13.4. The van der Waals surface area contributed by atoms with Gasteiger partial charge in [-0.05, 0) is 30.8 Å². The highest BCUT2D eigenvalue weighted by atomic mass is 35.5. The monoisotopic (exact) mass is 488 g/mol. The third kappa shape index (κ3) is 7.20. The number of carbonyl (C=O) groups is 2. The number of amides is 1. The van der Waals surface area contributed by atoms with Crippen LogP contribution in [-0.4, -0.2) is 71.3 Å². The van der Waals surface area contributed by atoms with Gasteiger partial charge in [-0.1, -0.05) is 38.1 Å². The van der Waals surface area contributed by atoms with Crippen LogP contribution in [-0.2, 0) is 11.2 Å². The molecule has 1 fully saturated rings. The van der Waals surface area contributed by atoms with Gasteiger partial charge in [0.2, 0.25) is 5.91 Å². The molecule has 2 aromatic carbocycles. The fourth-order valence-corrected chi connectivity index (χ4v) is 3.60. The highest BCUT2D eigenvalue weighted by molar-refractivity contribution is 6.27. The third-order valence-corrected chi connectivity index (χ3v) is 5.53. The third-order valence-electron chi connectivity index (χ3n) is 5.30. The number of likely N-dealkylation sites (N-methyl/N-ethyl adjacent to an activating group) is 1. The van der Waals surface area contributed by atoms with Gasteiger partial charge in [0.15, 0.2) is 6.29 Å². The molecule has 7 nitrogen and oxygen atoms in total. The lowest BCUT2D eigenvalue weighted by molar-refractivity contribution is -0.130. The summed E-state index contributed by atoms with van der Waals surface area (Å²) < 4.78 is 13.3. The number of fused-ring (bicyclic) bond motifs is 1. The second-order valence-electron chi connectivity index (χ2n) is 7.51. The molecule has 0 bridgehead atoms. The molecule has 1 amide bonds. The molecule has 0 atom stereocenters. The van der Waals surface area contributed by atoms with Gasteiger partial charge in [0, 0.05) is 38.0 Å². The first-order valence-corrected chi connectivity index (χ1v) is 11.7. The molecule has 1 aromatic heterocycles. The Morgan fingerprint density at radius 3 is 2.38 bits per heavy atom. The number of nitrogens with zero attached hydrogens (tertiary/aromatic N) is 3. The molecule has 0 radical (unpaired) electrons. The zero-order valence-corrected chi connectivity index (χ0v) is 20.4. The Morgan fingerprint density at radius 2 is 1.76 bits per heavy atom. The molecule has 3 aromatic rings. The minimum atomic E-state index is -0.548. The molecule has 34 heavy (non-hydrogen) atoms. The fourth-order valence-electron chi connectivity index (χ4n) is 3.43. The van der Waals surface area contributed by atoms with E-state index in [4.69, 9.17) is 11.6 Å². The van der Waals surface area contributed by atoms with Crippen LogP contribution in [0.25, 0.3) is 10.8 Å². The van der Waals surface area contributed by atoms with Crippen LogP contribution in [0.4, 0.5) is 4.39 Å². The number of aromatic nitrogens is 2. The van der Waals surface area contributed by atoms with Crippen molar-refractivity contribution >= 4 is 34.6 Å². The van der Waals surface area contributed by atoms with Gasteiger partial charge in [-0.2, -0.15) is 5.10 Å². The summed E-state index contributed by atoms with van der Waals surface area (Å²) in [6.07, 6.45) is 0.885. The second-order valence-corrected chi connectivity index (χ2v) is 7.78. The fraction of sp³-hybridized carbons (Fsp3) is 0.360. The zero-order valence-electron chi connectivity index (χ0n) is 19.7. The van der Waals surface area contributed by atoms with Gasteiger partial charge in [0.25, 0.3) is 5.56 Å². The van der Waals surface area contributed by atoms with Gasteiger partial charge in [-0.25, -0.2) is 9.49 Å². The van der Waals surface area contributed by atoms with E-state index < -0.39 is 5.82 Å². The number of hydrogen-bond donors (Lipinski definition) is 1. The topological polar surface area (TPSA) is 86.4 Å². The molecule has 1 N–H and O–H groups in total. The lowest BCUT2D eigenvalue weighted by Crippen LogP contribution is -2.47. The number of hydrogen-bond acceptors (Lipinski definition) is 5. The number of rotatable bonds is 4. The molecule has 1 saturated heterocycles. The Morgan fingerprint density at radius 1 is 1.12 bits per heavy atom. The average Bonchev–Trinajstić information content (AvgIpc) is 2.88. The minimum absolute atomic E-state index is 0.0150. The van der Waals surface area contributed by atoms with Crippen LogP contribution in [0.2, 0.25) is 0 Å². The molecule has 0 spiro atoms. The van der Waals surface area contributed by atoms with Gasteiger partial charge < -0.3 is 9.80 Å². The smallest absolute Gasteiger partial charge is 0.272 e. The number of alkyl halides is 1. The van der Waals surface area contributed by atoms with Crippen molar-refractivity contribution in [2.24, 2.45) is 0 Å². The van der Waals surface area contributed by atoms with Gasteiger partial charge >= 0.3 is 0 Å². The summed E-state index contributed by atoms with van der Waals surface area (Å²) >= 11 is 5.42. The van der Waals surface area contributed by atoms with Gasteiger partial charge in [0.05, 0.1) is 16.6 Å². The SMILES string of the molecule is CC.CN1CCN(C(=O)CCl)CC1.O=Cc1cc(Cc2n[nH]c(=O)c3ccccc23)ccc1F. The molecule has 0 aliphatic carbocycles. The molecule has 9 heteroatoms. The van der Waals surface area contributed by atoms with Crippen LogP contribution in [0.1, 0.15) is 35.5 Å². The quantitative estimate of drug-likeness (QED) is 0.449. The van der Waals surface area contributed by atoms with Crippen LogP contribution in [0, 0.1) is 5.82 Å². The average molecular weight is 489 g/mol. The Labute approximate surface area is 203 Å². The summed E-state index contributed by atoms with van der Waals surface area (Å²) in [7, 11) is 2.06. The van der Waals surface area contributed by atoms with Gasteiger partial charge in [-0.15, -0.1) is 11.6 Å². The van der Waals surface area contributed by atoms with Crippen molar-refractivity contribution in [3.8, 4) is 0 Å². The number of aromatic amines is 1. The lowest BCUT2D eigenvalue weighted by Gasteiger charge is -2.31. The van der Waals surface area contributed by atoms with E-state index in [1.807, 2.05) is 30.9 Å². The molecule has 0 unspecified atom stereocenters. The van der Waals surface area contributed by atoms with Crippen LogP contribution in [0.5, 0.6) is 0 Å². The lowest BCUT2D eigenvalue weighted by atomic mass is 10.0. The largest absolute Gasteiger partial charge is 0.339 e. The molecule has 2 heterocycles. The zero-order chi connectivity index (χ0) is 25.1. The van der Waals surface area contributed by atoms with E-state index in [0.29, 0.717) is 23.8 Å². The van der Waals surface area contributed by atoms with E-state index in [2.05, 4.69) is 22.1 Å². The number of halogens is 2. The maximum atomic E-state index is 13.3. The maximum absolute atomic E-state index is 13.3. The number of nitrogens with one attached hydrogen (secondary N) is 1. The van der Waals surface area contributed by atoms with E-state index in [-0.39, 0.29) is 22.9 Å². The number of H-pyrrole nitrogens is 1. The summed E-state index contributed by atoms with van der Waals surface area (Å²) in [5, 5.41) is 7.82. The van der Waals surface area contributed by atoms with Crippen molar-refractivity contribution in [2.75, 3.05) is 39.1 Å². The van der Waals surface area contributed by atoms with E-state index in [9.17, 15) is 18.8 Å². The Kier molecular flexibility index (Phi) is 10.8. The van der Waals surface area contributed by atoms with E-state index in [0.717, 1.165) is 37.1 Å². The number of aldehydes is 1. The number of carbonyl (C=O) groups excluding carboxylic acids is 2. The van der Waals surface area contributed by atoms with Crippen molar-refractivity contribution in [1.29, 1.82) is 0 Å². The van der Waals surface area contributed by atoms with Crippen LogP contribution in [0.15, 0.2) is 47.3 Å². The van der Waals surface area contributed by atoms with E-state index >= 15 is 0 Å². The highest BCUT2D eigenvalue weighted by Crippen LogP contribution is 2.17. The Bertz CT molecular complexity index is 1160. The molecule has 1 aliphatic heterocycles. The first kappa shape index (κ1) is 27.1. The van der Waals surface area contributed by atoms with Gasteiger partial charge in [-0.3, -0.25) is 14.4 Å². The standard InChI is InChI=1S/C16H11FN2O2.C7H13ClN2O.C2H6/c17-14-6-5-10(7-11(14)9-20)8-15-12-3-1-2-4-13(12)16(21)19-18-15;1-9-2-4-10(5-3-9)7(11)6-8;1-2/h1-7,9H,8H2,(H,19,21);2-6H2,1H3;1-2H3. The van der Waals surface area contributed by atoms with E-state index in [1.165, 1.54) is 12.1 Å². The first-order valence-electron chi connectivity index (χ1n) is 11.1. The van der Waals surface area contributed by atoms with Crippen molar-refractivity contribution in [2.45, 2.75) is 20.3 Å². The van der Waals surface area contributed by atoms with Crippen molar-refractivity contribution in [3.05, 3.63) is 75.5 Å². The summed E-state index contributed by atoms with van der Waals surface area (Å²) in [6, 6.07) is 11.5. The Hall–Kier alpha value is -3.10. The molecule has 4 rings (SSSR count). The highest BCUT2D eigenvalue weighted by Gasteiger charge is 2.17. The van der Waals surface area contributed by atoms with E-state index in [1.54, 1.807) is 18.2 Å². The molecular weight excluding hydrogens is 459 g/mol. The predicted octanol–water partition coefficient (Wildman–Crippen LogP) is 3.49. The first-order chi connectivity index (χ1) is 16.4. The number of benzene rings is 2. The molecule has 0 saturated carbocycles. The van der Waals surface area contributed by atoms with Crippen LogP contribution in [0.3, 0.4) is 0 Å². The maximum Gasteiger partial charge on any atom is 0.272 e. The molecular formula is C25H30ClFN4O3. The predicted molar refractivity (Wildman–Crippen MR) is 133 cm³/mol. The summed E-state index contributed by atoms with van der Waals surface area (Å²) in [6.45, 7) is 7.56. The minimum Gasteiger partial charge on any atom is -0.339 e. The summed E-state index contributed by atoms with van der Waals surface area (Å²) in [5.74, 6) is -0.378. The van der Waals surface area contributed by atoms with Crippen LogP contribution < -0.4 is 5.56 Å². The second kappa shape index (κ2) is 13.6. The van der Waals surface area contributed by atoms with Crippen molar-refractivity contribution in [3.63, 3.8) is 0 Å². The van der Waals surface area contributed by atoms with Crippen LogP contribution >= 0.6 is 11.6 Å². The van der Waals surface area contributed by atoms with Crippen molar-refractivity contribution in [1.82, 2.24) is 20.0 Å². The van der Waals surface area contributed by atoms with Crippen molar-refractivity contribution < 1.29 is 14.0 Å². The number of piperazine rings is 1. The Balaban J connectivity index is 0.000000266. The molecule has 182 valence electrons.